The van der Waals surface area contributed by atoms with Crippen LogP contribution in [0.25, 0.3) is 11.1 Å². The van der Waals surface area contributed by atoms with Gasteiger partial charge < -0.3 is 4.84 Å². The Morgan fingerprint density at radius 3 is 1.58 bits per heavy atom. The van der Waals surface area contributed by atoms with E-state index in [1.807, 2.05) is 39.8 Å². The molecular weight excluding hydrogens is 552 g/mol. The molecule has 2 fully saturated rings. The topological polar surface area (TPSA) is 67.8 Å². The number of hydrogen-bond acceptors (Lipinski definition) is 4. The second kappa shape index (κ2) is 21.3. The standard InChI is InChI=1S/C16H15NO.C10H20.C6H13NO2S.C2H4.3CH4/c1-11(2)18-17-16-14-9-5-3-7-12(14)13-8-4-6-10-15(13)16;1-9(2)8-10-6-4-3-5-7-10;1-5(2)7-10(8,9)6-3-4-6;1-2;;;/h3-11H,1-2H3;9-10H,3-8H2,1-2H3;5-7H,3-4H2,1-2H3;1-2H2;3*1H4. The van der Waals surface area contributed by atoms with Crippen LogP contribution in [0.1, 0.15) is 126 Å². The fourth-order valence-electron chi connectivity index (χ4n) is 5.14. The monoisotopic (exact) mass is 616 g/mol. The van der Waals surface area contributed by atoms with Crippen LogP contribution in [0.5, 0.6) is 0 Å². The van der Waals surface area contributed by atoms with E-state index in [4.69, 9.17) is 4.84 Å². The first-order valence-corrected chi connectivity index (χ1v) is 16.6. The lowest BCUT2D eigenvalue weighted by Gasteiger charge is -2.22. The van der Waals surface area contributed by atoms with Crippen LogP contribution < -0.4 is 4.72 Å². The molecule has 0 aromatic heterocycles. The molecule has 3 aliphatic rings. The second-order valence-corrected chi connectivity index (χ2v) is 13.8. The number of hydrogen-bond donors (Lipinski definition) is 1. The van der Waals surface area contributed by atoms with Gasteiger partial charge in [-0.15, -0.1) is 13.2 Å². The molecule has 3 aliphatic carbocycles. The van der Waals surface area contributed by atoms with E-state index < -0.39 is 10.0 Å². The minimum atomic E-state index is -2.94. The van der Waals surface area contributed by atoms with E-state index in [9.17, 15) is 8.42 Å². The Morgan fingerprint density at radius 1 is 0.767 bits per heavy atom. The third-order valence-corrected chi connectivity index (χ3v) is 9.05. The predicted molar refractivity (Wildman–Crippen MR) is 191 cm³/mol. The summed E-state index contributed by atoms with van der Waals surface area (Å²) in [5.41, 5.74) is 5.71. The number of sulfonamides is 1. The van der Waals surface area contributed by atoms with Gasteiger partial charge in [0.05, 0.1) is 5.25 Å². The second-order valence-electron chi connectivity index (χ2n) is 11.8. The van der Waals surface area contributed by atoms with Crippen LogP contribution in [-0.2, 0) is 14.9 Å². The molecule has 246 valence electrons. The van der Waals surface area contributed by atoms with E-state index in [0.717, 1.165) is 41.5 Å². The first-order chi connectivity index (χ1) is 19.1. The van der Waals surface area contributed by atoms with Crippen LogP contribution >= 0.6 is 0 Å². The van der Waals surface area contributed by atoms with Gasteiger partial charge in [0.25, 0.3) is 0 Å². The lowest BCUT2D eigenvalue weighted by Crippen LogP contribution is -2.32. The van der Waals surface area contributed by atoms with Crippen LogP contribution in [0.3, 0.4) is 0 Å². The summed E-state index contributed by atoms with van der Waals surface area (Å²) in [5.74, 6) is 2.00. The maximum absolute atomic E-state index is 11.1. The van der Waals surface area contributed by atoms with Gasteiger partial charge in [0, 0.05) is 17.2 Å². The molecule has 0 spiro atoms. The molecular formula is C37H64N2O3S. The molecule has 5 rings (SSSR count). The number of benzene rings is 2. The lowest BCUT2D eigenvalue weighted by atomic mass is 9.84. The largest absolute Gasteiger partial charge is 0.393 e. The Kier molecular flexibility index (Phi) is 21.1. The van der Waals surface area contributed by atoms with E-state index in [2.05, 4.69) is 73.3 Å². The van der Waals surface area contributed by atoms with Crippen molar-refractivity contribution in [2.75, 3.05) is 0 Å². The zero-order valence-electron chi connectivity index (χ0n) is 25.7. The van der Waals surface area contributed by atoms with Crippen molar-refractivity contribution in [3.05, 3.63) is 72.8 Å². The normalized spacial score (nSPS) is 15.0. The number of rotatable bonds is 7. The summed E-state index contributed by atoms with van der Waals surface area (Å²) in [4.78, 5) is 5.43. The Labute approximate surface area is 266 Å². The molecule has 0 unspecified atom stereocenters. The highest BCUT2D eigenvalue weighted by Crippen LogP contribution is 2.36. The van der Waals surface area contributed by atoms with Gasteiger partial charge in [-0.1, -0.05) is 122 Å². The van der Waals surface area contributed by atoms with E-state index in [1.54, 1.807) is 0 Å². The molecule has 2 aromatic rings. The smallest absolute Gasteiger partial charge is 0.214 e. The molecule has 2 saturated carbocycles. The zero-order valence-corrected chi connectivity index (χ0v) is 26.5. The van der Waals surface area contributed by atoms with E-state index in [0.29, 0.717) is 0 Å². The summed E-state index contributed by atoms with van der Waals surface area (Å²) in [6, 6.07) is 16.7. The molecule has 0 amide bonds. The van der Waals surface area contributed by atoms with Crippen LogP contribution in [0.4, 0.5) is 0 Å². The zero-order chi connectivity index (χ0) is 29.7. The van der Waals surface area contributed by atoms with Crippen molar-refractivity contribution in [3.63, 3.8) is 0 Å². The van der Waals surface area contributed by atoms with Crippen LogP contribution in [-0.4, -0.2) is 31.5 Å². The quantitative estimate of drug-likeness (QED) is 0.212. The van der Waals surface area contributed by atoms with Gasteiger partial charge in [0.15, 0.2) is 0 Å². The molecule has 6 heteroatoms. The Hall–Kier alpha value is -2.44. The van der Waals surface area contributed by atoms with Gasteiger partial charge in [-0.3, -0.25) is 0 Å². The first-order valence-electron chi connectivity index (χ1n) is 15.0. The van der Waals surface area contributed by atoms with Crippen molar-refractivity contribution in [2.45, 2.75) is 133 Å². The Balaban J connectivity index is 0. The van der Waals surface area contributed by atoms with Gasteiger partial charge >= 0.3 is 0 Å². The molecule has 0 atom stereocenters. The maximum atomic E-state index is 11.1. The Morgan fingerprint density at radius 2 is 1.21 bits per heavy atom. The summed E-state index contributed by atoms with van der Waals surface area (Å²) >= 11 is 0. The SMILES string of the molecule is C.C.C.C=C.CC(C)CC1CCCCC1.CC(C)NS(=O)(=O)C1CC1.CC(C)ON=C1c2ccccc2-c2ccccc21. The number of nitrogens with zero attached hydrogens (tertiary/aromatic N) is 1. The van der Waals surface area contributed by atoms with Gasteiger partial charge in [0.1, 0.15) is 11.8 Å². The van der Waals surface area contributed by atoms with Crippen LogP contribution in [0, 0.1) is 11.8 Å². The number of oxime groups is 1. The van der Waals surface area contributed by atoms with Crippen molar-refractivity contribution < 1.29 is 13.3 Å². The first kappa shape index (κ1) is 42.7. The van der Waals surface area contributed by atoms with Gasteiger partial charge in [0.2, 0.25) is 10.0 Å². The van der Waals surface area contributed by atoms with Crippen LogP contribution in [0.2, 0.25) is 0 Å². The van der Waals surface area contributed by atoms with Gasteiger partial charge in [-0.2, -0.15) is 0 Å². The summed E-state index contributed by atoms with van der Waals surface area (Å²) < 4.78 is 24.7. The molecule has 43 heavy (non-hydrogen) atoms. The fraction of sp³-hybridized carbons (Fsp3) is 0.595. The highest BCUT2D eigenvalue weighted by molar-refractivity contribution is 7.90. The molecule has 1 N–H and O–H groups in total. The van der Waals surface area contributed by atoms with Gasteiger partial charge in [-0.25, -0.2) is 13.1 Å². The minimum Gasteiger partial charge on any atom is -0.393 e. The molecule has 0 bridgehead atoms. The average Bonchev–Trinajstić information content (AvgIpc) is 3.73. The molecule has 0 aliphatic heterocycles. The van der Waals surface area contributed by atoms with Crippen LogP contribution in [0.15, 0.2) is 66.8 Å². The molecule has 0 saturated heterocycles. The Bertz CT molecular complexity index is 1110. The fourth-order valence-corrected chi connectivity index (χ4v) is 6.75. The third-order valence-electron chi connectivity index (χ3n) is 6.90. The third kappa shape index (κ3) is 14.3. The highest BCUT2D eigenvalue weighted by atomic mass is 32.2. The summed E-state index contributed by atoms with van der Waals surface area (Å²) in [5, 5.41) is 4.23. The molecule has 0 heterocycles. The minimum absolute atomic E-state index is 0. The maximum Gasteiger partial charge on any atom is 0.214 e. The average molecular weight is 617 g/mol. The summed E-state index contributed by atoms with van der Waals surface area (Å²) in [6.45, 7) is 18.3. The van der Waals surface area contributed by atoms with Crippen molar-refractivity contribution in [2.24, 2.45) is 17.0 Å². The number of nitrogens with one attached hydrogen (secondary N) is 1. The van der Waals surface area contributed by atoms with Crippen molar-refractivity contribution in [3.8, 4) is 11.1 Å². The molecule has 2 aromatic carbocycles. The van der Waals surface area contributed by atoms with Crippen molar-refractivity contribution >= 4 is 15.7 Å². The van der Waals surface area contributed by atoms with Crippen molar-refractivity contribution in [1.29, 1.82) is 0 Å². The van der Waals surface area contributed by atoms with E-state index >= 15 is 0 Å². The number of fused-ring (bicyclic) bond motifs is 3. The predicted octanol–water partition coefficient (Wildman–Crippen LogP) is 10.6. The summed E-state index contributed by atoms with van der Waals surface area (Å²) in [7, 11) is -2.94. The van der Waals surface area contributed by atoms with E-state index in [1.165, 1.54) is 49.7 Å². The molecule has 0 radical (unpaired) electrons. The summed E-state index contributed by atoms with van der Waals surface area (Å²) in [6.07, 6.45) is 10.8. The van der Waals surface area contributed by atoms with Gasteiger partial charge in [-0.05, 0) is 69.9 Å². The lowest BCUT2D eigenvalue weighted by molar-refractivity contribution is 0.0863. The molecule has 5 nitrogen and oxygen atoms in total. The van der Waals surface area contributed by atoms with E-state index in [-0.39, 0.29) is 39.7 Å². The highest BCUT2D eigenvalue weighted by Gasteiger charge is 2.35. The van der Waals surface area contributed by atoms with Crippen molar-refractivity contribution in [1.82, 2.24) is 4.72 Å².